The lowest BCUT2D eigenvalue weighted by Gasteiger charge is -2.25. The second-order valence-corrected chi connectivity index (χ2v) is 6.33. The van der Waals surface area contributed by atoms with Crippen molar-refractivity contribution in [3.05, 3.63) is 65.1 Å². The fraction of sp³-hybridized carbons (Fsp3) is 0.263. The molecular formula is C19H20FN3. The summed E-state index contributed by atoms with van der Waals surface area (Å²) in [6.45, 7) is 0.899. The second-order valence-electron chi connectivity index (χ2n) is 6.33. The van der Waals surface area contributed by atoms with Crippen molar-refractivity contribution in [3.63, 3.8) is 0 Å². The summed E-state index contributed by atoms with van der Waals surface area (Å²) < 4.78 is 13.6. The predicted octanol–water partition coefficient (Wildman–Crippen LogP) is 3.61. The average molecular weight is 309 g/mol. The highest BCUT2D eigenvalue weighted by molar-refractivity contribution is 5.85. The van der Waals surface area contributed by atoms with E-state index in [1.54, 1.807) is 6.07 Å². The monoisotopic (exact) mass is 309 g/mol. The first-order valence-electron chi connectivity index (χ1n) is 7.94. The third-order valence-corrected chi connectivity index (χ3v) is 4.66. The van der Waals surface area contributed by atoms with Crippen LogP contribution in [0.1, 0.15) is 22.9 Å². The van der Waals surface area contributed by atoms with Gasteiger partial charge in [-0.3, -0.25) is 0 Å². The summed E-state index contributed by atoms with van der Waals surface area (Å²) >= 11 is 0. The van der Waals surface area contributed by atoms with Gasteiger partial charge in [-0.1, -0.05) is 12.1 Å². The minimum absolute atomic E-state index is 0.130. The third kappa shape index (κ3) is 2.39. The average Bonchev–Trinajstić information content (AvgIpc) is 2.93. The first-order chi connectivity index (χ1) is 11.1. The molecule has 1 aromatic heterocycles. The number of hydrogen-bond donors (Lipinski definition) is 2. The molecule has 1 unspecified atom stereocenters. The van der Waals surface area contributed by atoms with Gasteiger partial charge < -0.3 is 15.2 Å². The molecule has 3 nitrogen and oxygen atoms in total. The van der Waals surface area contributed by atoms with E-state index in [4.69, 9.17) is 0 Å². The van der Waals surface area contributed by atoms with Gasteiger partial charge in [0, 0.05) is 42.9 Å². The van der Waals surface area contributed by atoms with Crippen LogP contribution in [0.4, 0.5) is 10.1 Å². The summed E-state index contributed by atoms with van der Waals surface area (Å²) in [5, 5.41) is 4.59. The highest BCUT2D eigenvalue weighted by Crippen LogP contribution is 2.34. The first-order valence-corrected chi connectivity index (χ1v) is 7.94. The number of nitrogens with zero attached hydrogens (tertiary/aromatic N) is 1. The van der Waals surface area contributed by atoms with Gasteiger partial charge in [-0.05, 0) is 47.9 Å². The van der Waals surface area contributed by atoms with Crippen LogP contribution in [0.3, 0.4) is 0 Å². The lowest BCUT2D eigenvalue weighted by atomic mass is 9.94. The van der Waals surface area contributed by atoms with Gasteiger partial charge in [0.1, 0.15) is 5.82 Å². The molecule has 2 aromatic carbocycles. The highest BCUT2D eigenvalue weighted by atomic mass is 19.1. The maximum Gasteiger partial charge on any atom is 0.123 e. The zero-order chi connectivity index (χ0) is 16.0. The van der Waals surface area contributed by atoms with Gasteiger partial charge in [-0.2, -0.15) is 0 Å². The van der Waals surface area contributed by atoms with Gasteiger partial charge in [-0.15, -0.1) is 0 Å². The summed E-state index contributed by atoms with van der Waals surface area (Å²) in [4.78, 5) is 5.58. The molecule has 1 atom stereocenters. The van der Waals surface area contributed by atoms with Crippen molar-refractivity contribution in [1.29, 1.82) is 0 Å². The Hall–Kier alpha value is -2.33. The summed E-state index contributed by atoms with van der Waals surface area (Å²) in [7, 11) is 4.08. The number of hydrogen-bond acceptors (Lipinski definition) is 2. The van der Waals surface area contributed by atoms with E-state index in [1.165, 1.54) is 22.9 Å². The van der Waals surface area contributed by atoms with E-state index in [0.29, 0.717) is 0 Å². The molecule has 4 heteroatoms. The molecule has 0 saturated carbocycles. The van der Waals surface area contributed by atoms with Crippen LogP contribution < -0.4 is 10.2 Å². The van der Waals surface area contributed by atoms with Gasteiger partial charge in [0.25, 0.3) is 0 Å². The molecule has 1 aliphatic heterocycles. The van der Waals surface area contributed by atoms with Crippen LogP contribution in [-0.4, -0.2) is 25.6 Å². The lowest BCUT2D eigenvalue weighted by molar-refractivity contribution is 0.560. The molecule has 0 fully saturated rings. The Bertz CT molecular complexity index is 849. The van der Waals surface area contributed by atoms with E-state index in [0.717, 1.165) is 29.6 Å². The maximum absolute atomic E-state index is 13.6. The highest BCUT2D eigenvalue weighted by Gasteiger charge is 2.25. The summed E-state index contributed by atoms with van der Waals surface area (Å²) in [5.41, 5.74) is 5.82. The number of benzene rings is 2. The van der Waals surface area contributed by atoms with E-state index < -0.39 is 0 Å². The van der Waals surface area contributed by atoms with Crippen LogP contribution in [0.5, 0.6) is 0 Å². The molecule has 0 spiro atoms. The van der Waals surface area contributed by atoms with Crippen LogP contribution >= 0.6 is 0 Å². The Morgan fingerprint density at radius 1 is 1.09 bits per heavy atom. The van der Waals surface area contributed by atoms with E-state index in [2.05, 4.69) is 39.5 Å². The Balaban J connectivity index is 1.79. The molecule has 1 aliphatic rings. The molecule has 0 bridgehead atoms. The largest absolute Gasteiger partial charge is 0.378 e. The second kappa shape index (κ2) is 5.39. The minimum atomic E-state index is -0.176. The van der Waals surface area contributed by atoms with Crippen molar-refractivity contribution in [2.45, 2.75) is 12.5 Å². The topological polar surface area (TPSA) is 31.1 Å². The Morgan fingerprint density at radius 2 is 1.87 bits per heavy atom. The quantitative estimate of drug-likeness (QED) is 0.758. The third-order valence-electron chi connectivity index (χ3n) is 4.66. The van der Waals surface area contributed by atoms with Gasteiger partial charge in [0.15, 0.2) is 0 Å². The van der Waals surface area contributed by atoms with Crippen molar-refractivity contribution in [2.75, 3.05) is 25.5 Å². The van der Waals surface area contributed by atoms with Gasteiger partial charge >= 0.3 is 0 Å². The van der Waals surface area contributed by atoms with E-state index in [-0.39, 0.29) is 11.9 Å². The molecule has 4 rings (SSSR count). The molecule has 118 valence electrons. The van der Waals surface area contributed by atoms with Crippen molar-refractivity contribution >= 4 is 16.6 Å². The standard InChI is InChI=1S/C19H20FN3/c1-23(2)14-6-3-12(4-7-14)18-19-15(9-10-21-18)16-11-13(20)5-8-17(16)22-19/h3-8,11,18,21-22H,9-10H2,1-2H3. The van der Waals surface area contributed by atoms with E-state index in [9.17, 15) is 4.39 Å². The number of halogens is 1. The zero-order valence-electron chi connectivity index (χ0n) is 13.4. The number of anilines is 1. The van der Waals surface area contributed by atoms with Crippen LogP contribution in [0, 0.1) is 5.82 Å². The smallest absolute Gasteiger partial charge is 0.123 e. The van der Waals surface area contributed by atoms with Gasteiger partial charge in [0.05, 0.1) is 6.04 Å². The summed E-state index contributed by atoms with van der Waals surface area (Å²) in [6.07, 6.45) is 0.922. The molecule has 23 heavy (non-hydrogen) atoms. The molecule has 2 N–H and O–H groups in total. The van der Waals surface area contributed by atoms with E-state index in [1.807, 2.05) is 20.2 Å². The molecule has 0 saturated heterocycles. The Morgan fingerprint density at radius 3 is 2.61 bits per heavy atom. The molecule has 3 aromatic rings. The van der Waals surface area contributed by atoms with Crippen LogP contribution in [-0.2, 0) is 6.42 Å². The fourth-order valence-corrected chi connectivity index (χ4v) is 3.45. The SMILES string of the molecule is CN(C)c1ccc(C2NCCc3c2[nH]c2ccc(F)cc32)cc1. The fourth-order valence-electron chi connectivity index (χ4n) is 3.45. The molecule has 0 radical (unpaired) electrons. The Kier molecular flexibility index (Phi) is 3.34. The van der Waals surface area contributed by atoms with Crippen molar-refractivity contribution < 1.29 is 4.39 Å². The van der Waals surface area contributed by atoms with Crippen LogP contribution in [0.2, 0.25) is 0 Å². The predicted molar refractivity (Wildman–Crippen MR) is 92.6 cm³/mol. The van der Waals surface area contributed by atoms with Crippen molar-refractivity contribution in [1.82, 2.24) is 10.3 Å². The number of rotatable bonds is 2. The first kappa shape index (κ1) is 14.3. The molecule has 0 aliphatic carbocycles. The van der Waals surface area contributed by atoms with Crippen LogP contribution in [0.25, 0.3) is 10.9 Å². The van der Waals surface area contributed by atoms with Crippen molar-refractivity contribution in [3.8, 4) is 0 Å². The number of H-pyrrole nitrogens is 1. The maximum atomic E-state index is 13.6. The number of aromatic nitrogens is 1. The number of nitrogens with one attached hydrogen (secondary N) is 2. The van der Waals surface area contributed by atoms with Crippen molar-refractivity contribution in [2.24, 2.45) is 0 Å². The Labute approximate surface area is 135 Å². The van der Waals surface area contributed by atoms with Gasteiger partial charge in [0.2, 0.25) is 0 Å². The molecule has 0 amide bonds. The summed E-state index contributed by atoms with van der Waals surface area (Å²) in [6, 6.07) is 13.7. The lowest BCUT2D eigenvalue weighted by Crippen LogP contribution is -2.30. The minimum Gasteiger partial charge on any atom is -0.378 e. The van der Waals surface area contributed by atoms with E-state index >= 15 is 0 Å². The van der Waals surface area contributed by atoms with Gasteiger partial charge in [-0.25, -0.2) is 4.39 Å². The zero-order valence-corrected chi connectivity index (χ0v) is 13.4. The van der Waals surface area contributed by atoms with Crippen LogP contribution in [0.15, 0.2) is 42.5 Å². The molecule has 2 heterocycles. The normalized spacial score (nSPS) is 17.3. The number of fused-ring (bicyclic) bond motifs is 3. The molecular weight excluding hydrogens is 289 g/mol. The summed E-state index contributed by atoms with van der Waals surface area (Å²) in [5.74, 6) is -0.176. The number of aromatic amines is 1.